The average Bonchev–Trinajstić information content (AvgIpc) is 2.25. The van der Waals surface area contributed by atoms with Crippen LogP contribution in [0, 0.1) is 5.92 Å². The predicted molar refractivity (Wildman–Crippen MR) is 65.3 cm³/mol. The molecule has 0 saturated heterocycles. The Labute approximate surface area is 98.2 Å². The van der Waals surface area contributed by atoms with E-state index >= 15 is 0 Å². The molecule has 3 nitrogen and oxygen atoms in total. The Balaban J connectivity index is 3.44. The molecule has 0 aromatic carbocycles. The third-order valence-corrected chi connectivity index (χ3v) is 2.76. The van der Waals surface area contributed by atoms with Crippen molar-refractivity contribution in [3.8, 4) is 0 Å². The van der Waals surface area contributed by atoms with E-state index in [0.717, 1.165) is 32.1 Å². The Morgan fingerprint density at radius 1 is 1.31 bits per heavy atom. The fourth-order valence-electron chi connectivity index (χ4n) is 1.53. The largest absolute Gasteiger partial charge is 0.481 e. The highest BCUT2D eigenvalue weighted by Gasteiger charge is 2.09. The molecule has 0 aromatic heterocycles. The highest BCUT2D eigenvalue weighted by atomic mass is 16.4. The highest BCUT2D eigenvalue weighted by Crippen LogP contribution is 2.12. The van der Waals surface area contributed by atoms with E-state index in [4.69, 9.17) is 5.11 Å². The van der Waals surface area contributed by atoms with Gasteiger partial charge in [-0.2, -0.15) is 0 Å². The number of rotatable bonds is 9. The normalized spacial score (nSPS) is 15.2. The van der Waals surface area contributed by atoms with Crippen molar-refractivity contribution < 1.29 is 15.0 Å². The molecule has 0 aliphatic carbocycles. The zero-order chi connectivity index (χ0) is 12.4. The van der Waals surface area contributed by atoms with Gasteiger partial charge in [0.25, 0.3) is 0 Å². The summed E-state index contributed by atoms with van der Waals surface area (Å²) in [4.78, 5) is 10.2. The molecule has 0 amide bonds. The Kier molecular flexibility index (Phi) is 8.91. The molecule has 2 atom stereocenters. The van der Waals surface area contributed by atoms with E-state index in [0.29, 0.717) is 5.92 Å². The van der Waals surface area contributed by atoms with Gasteiger partial charge in [0.1, 0.15) is 0 Å². The van der Waals surface area contributed by atoms with Crippen LogP contribution in [0.5, 0.6) is 0 Å². The highest BCUT2D eigenvalue weighted by molar-refractivity contribution is 5.66. The number of carboxylic acids is 1. The molecular weight excluding hydrogens is 204 g/mol. The van der Waals surface area contributed by atoms with Gasteiger partial charge >= 0.3 is 5.97 Å². The number of unbranched alkanes of at least 4 members (excludes halogenated alkanes) is 2. The van der Waals surface area contributed by atoms with E-state index in [1.807, 2.05) is 13.8 Å². The maximum atomic E-state index is 10.2. The number of hydrogen-bond donors (Lipinski definition) is 2. The second-order valence-corrected chi connectivity index (χ2v) is 4.30. The van der Waals surface area contributed by atoms with Crippen molar-refractivity contribution >= 4 is 5.97 Å². The summed E-state index contributed by atoms with van der Waals surface area (Å²) in [6, 6.07) is 0. The van der Waals surface area contributed by atoms with Crippen molar-refractivity contribution in [3.05, 3.63) is 12.2 Å². The zero-order valence-corrected chi connectivity index (χ0v) is 10.4. The molecule has 0 aliphatic rings. The lowest BCUT2D eigenvalue weighted by molar-refractivity contribution is -0.137. The fraction of sp³-hybridized carbons (Fsp3) is 0.769. The lowest BCUT2D eigenvalue weighted by atomic mass is 9.98. The smallest absolute Gasteiger partial charge is 0.303 e. The number of hydrogen-bond acceptors (Lipinski definition) is 2. The third kappa shape index (κ3) is 8.48. The summed E-state index contributed by atoms with van der Waals surface area (Å²) in [5, 5.41) is 18.0. The SMILES string of the molecule is CC[C@H](O)[C@H](C)C/C=C/CCCCC(=O)O. The molecule has 0 saturated carbocycles. The van der Waals surface area contributed by atoms with Gasteiger partial charge in [0, 0.05) is 6.42 Å². The quantitative estimate of drug-likeness (QED) is 0.471. The molecular formula is C13H24O3. The van der Waals surface area contributed by atoms with Crippen molar-refractivity contribution in [2.24, 2.45) is 5.92 Å². The Morgan fingerprint density at radius 3 is 2.56 bits per heavy atom. The van der Waals surface area contributed by atoms with Gasteiger partial charge in [0.15, 0.2) is 0 Å². The van der Waals surface area contributed by atoms with Gasteiger partial charge in [-0.05, 0) is 38.0 Å². The summed E-state index contributed by atoms with van der Waals surface area (Å²) in [6.45, 7) is 4.03. The van der Waals surface area contributed by atoms with Crippen LogP contribution in [-0.4, -0.2) is 22.3 Å². The topological polar surface area (TPSA) is 57.5 Å². The third-order valence-electron chi connectivity index (χ3n) is 2.76. The van der Waals surface area contributed by atoms with E-state index in [1.165, 1.54) is 0 Å². The van der Waals surface area contributed by atoms with E-state index in [2.05, 4.69) is 12.2 Å². The van der Waals surface area contributed by atoms with E-state index in [-0.39, 0.29) is 12.5 Å². The summed E-state index contributed by atoms with van der Waals surface area (Å²) >= 11 is 0. The van der Waals surface area contributed by atoms with Crippen LogP contribution in [0.1, 0.15) is 52.4 Å². The van der Waals surface area contributed by atoms with Crippen molar-refractivity contribution in [1.82, 2.24) is 0 Å². The minimum absolute atomic E-state index is 0.211. The van der Waals surface area contributed by atoms with Gasteiger partial charge in [0.05, 0.1) is 6.10 Å². The molecule has 2 N–H and O–H groups in total. The molecule has 3 heteroatoms. The van der Waals surface area contributed by atoms with Crippen LogP contribution in [0.15, 0.2) is 12.2 Å². The number of carboxylic acid groups (broad SMARTS) is 1. The number of aliphatic hydroxyl groups excluding tert-OH is 1. The predicted octanol–water partition coefficient (Wildman–Crippen LogP) is 2.98. The van der Waals surface area contributed by atoms with Crippen molar-refractivity contribution in [2.75, 3.05) is 0 Å². The Morgan fingerprint density at radius 2 is 2.00 bits per heavy atom. The monoisotopic (exact) mass is 228 g/mol. The summed E-state index contributed by atoms with van der Waals surface area (Å²) < 4.78 is 0. The maximum absolute atomic E-state index is 10.2. The standard InChI is InChI=1S/C13H24O3/c1-3-12(14)11(2)9-7-5-4-6-8-10-13(15)16/h5,7,11-12,14H,3-4,6,8-10H2,1-2H3,(H,15,16)/b7-5+/t11-,12+/m1/s1. The molecule has 0 rings (SSSR count). The molecule has 0 spiro atoms. The molecule has 0 unspecified atom stereocenters. The van der Waals surface area contributed by atoms with Crippen LogP contribution >= 0.6 is 0 Å². The molecule has 16 heavy (non-hydrogen) atoms. The summed E-state index contributed by atoms with van der Waals surface area (Å²) in [7, 11) is 0. The van der Waals surface area contributed by atoms with Gasteiger partial charge in [-0.15, -0.1) is 0 Å². The molecule has 0 aliphatic heterocycles. The van der Waals surface area contributed by atoms with Crippen LogP contribution in [0.25, 0.3) is 0 Å². The first-order chi connectivity index (χ1) is 7.57. The van der Waals surface area contributed by atoms with Crippen LogP contribution in [0.3, 0.4) is 0 Å². The lowest BCUT2D eigenvalue weighted by Crippen LogP contribution is -2.15. The van der Waals surface area contributed by atoms with Gasteiger partial charge in [-0.3, -0.25) is 4.79 Å². The lowest BCUT2D eigenvalue weighted by Gasteiger charge is -2.14. The van der Waals surface area contributed by atoms with Crippen LogP contribution in [-0.2, 0) is 4.79 Å². The van der Waals surface area contributed by atoms with E-state index in [9.17, 15) is 9.90 Å². The van der Waals surface area contributed by atoms with Gasteiger partial charge in [-0.1, -0.05) is 26.0 Å². The second kappa shape index (κ2) is 9.40. The average molecular weight is 228 g/mol. The van der Waals surface area contributed by atoms with Crippen molar-refractivity contribution in [2.45, 2.75) is 58.5 Å². The van der Waals surface area contributed by atoms with E-state index < -0.39 is 5.97 Å². The maximum Gasteiger partial charge on any atom is 0.303 e. The number of aliphatic carboxylic acids is 1. The van der Waals surface area contributed by atoms with Crippen molar-refractivity contribution in [1.29, 1.82) is 0 Å². The first kappa shape index (κ1) is 15.2. The number of aliphatic hydroxyl groups is 1. The first-order valence-electron chi connectivity index (χ1n) is 6.12. The van der Waals surface area contributed by atoms with Crippen LogP contribution < -0.4 is 0 Å². The number of carbonyl (C=O) groups is 1. The summed E-state index contributed by atoms with van der Waals surface area (Å²) in [6.07, 6.45) is 8.52. The Bertz CT molecular complexity index is 211. The zero-order valence-electron chi connectivity index (χ0n) is 10.4. The first-order valence-corrected chi connectivity index (χ1v) is 6.12. The fourth-order valence-corrected chi connectivity index (χ4v) is 1.53. The minimum atomic E-state index is -0.719. The van der Waals surface area contributed by atoms with Gasteiger partial charge < -0.3 is 10.2 Å². The van der Waals surface area contributed by atoms with E-state index in [1.54, 1.807) is 0 Å². The van der Waals surface area contributed by atoms with Crippen LogP contribution in [0.2, 0.25) is 0 Å². The van der Waals surface area contributed by atoms with Crippen molar-refractivity contribution in [3.63, 3.8) is 0 Å². The van der Waals surface area contributed by atoms with Gasteiger partial charge in [0.2, 0.25) is 0 Å². The second-order valence-electron chi connectivity index (χ2n) is 4.30. The molecule has 94 valence electrons. The Hall–Kier alpha value is -0.830. The summed E-state index contributed by atoms with van der Waals surface area (Å²) in [5.41, 5.74) is 0. The summed E-state index contributed by atoms with van der Waals surface area (Å²) in [5.74, 6) is -0.413. The van der Waals surface area contributed by atoms with Crippen LogP contribution in [0.4, 0.5) is 0 Å². The molecule has 0 heterocycles. The number of allylic oxidation sites excluding steroid dienone is 2. The minimum Gasteiger partial charge on any atom is -0.481 e. The molecule has 0 bridgehead atoms. The molecule has 0 radical (unpaired) electrons. The van der Waals surface area contributed by atoms with Gasteiger partial charge in [-0.25, -0.2) is 0 Å². The molecule has 0 fully saturated rings. The molecule has 0 aromatic rings.